The number of aromatic hydroxyl groups is 1. The number of piperazine rings is 2. The fraction of sp³-hybridized carbons (Fsp3) is 0.508. The summed E-state index contributed by atoms with van der Waals surface area (Å²) in [5, 5.41) is 10.2. The van der Waals surface area contributed by atoms with Gasteiger partial charge in [-0.15, -0.1) is 70.5 Å². The number of hydrogen-bond donors (Lipinski definition) is 1. The molecule has 1 N–H and O–H groups in total. The zero-order valence-electron chi connectivity index (χ0n) is 48.6. The van der Waals surface area contributed by atoms with Gasteiger partial charge in [-0.3, -0.25) is 19.2 Å². The normalized spacial score (nSPS) is 20.2. The van der Waals surface area contributed by atoms with E-state index >= 15 is 0 Å². The van der Waals surface area contributed by atoms with Crippen molar-refractivity contribution in [2.75, 3.05) is 94.8 Å². The van der Waals surface area contributed by atoms with Crippen molar-refractivity contribution in [3.8, 4) is 17.6 Å². The summed E-state index contributed by atoms with van der Waals surface area (Å²) in [6, 6.07) is 14.1. The minimum Gasteiger partial charge on any atom is -0.508 e. The quantitative estimate of drug-likeness (QED) is 0.0808. The first-order valence-electron chi connectivity index (χ1n) is 28.1. The van der Waals surface area contributed by atoms with E-state index in [1.54, 1.807) is 17.0 Å². The number of rotatable bonds is 12. The third kappa shape index (κ3) is 16.7. The van der Waals surface area contributed by atoms with Crippen LogP contribution >= 0.6 is 70.5 Å². The third-order valence-corrected chi connectivity index (χ3v) is 16.2. The Hall–Kier alpha value is -4.97. The number of aryl methyl sites for hydroxylation is 3. The molecule has 0 aliphatic carbocycles. The first kappa shape index (κ1) is 65.6. The van der Waals surface area contributed by atoms with Crippen LogP contribution in [0.4, 0.5) is 11.5 Å². The minimum atomic E-state index is -0.133. The summed E-state index contributed by atoms with van der Waals surface area (Å²) in [7, 11) is 4.25. The van der Waals surface area contributed by atoms with Crippen molar-refractivity contribution >= 4 is 109 Å². The molecular formula is C59H77BBr3Cl2N11O7. The van der Waals surface area contributed by atoms with Crippen LogP contribution in [0.5, 0.6) is 17.6 Å². The maximum absolute atomic E-state index is 13.6. The lowest BCUT2D eigenvalue weighted by Gasteiger charge is -2.41. The van der Waals surface area contributed by atoms with Gasteiger partial charge in [0.1, 0.15) is 24.8 Å². The average molecular weight is 1370 g/mol. The number of benzene rings is 2. The van der Waals surface area contributed by atoms with Crippen molar-refractivity contribution in [3.63, 3.8) is 0 Å². The largest absolute Gasteiger partial charge is 0.508 e. The van der Waals surface area contributed by atoms with E-state index in [1.165, 1.54) is 31.1 Å². The number of carbonyl (C=O) groups is 4. The van der Waals surface area contributed by atoms with Crippen molar-refractivity contribution in [3.05, 3.63) is 118 Å². The van der Waals surface area contributed by atoms with Crippen LogP contribution < -0.4 is 19.3 Å². The van der Waals surface area contributed by atoms with Crippen LogP contribution in [0.1, 0.15) is 99.5 Å². The molecule has 0 spiro atoms. The second-order valence-electron chi connectivity index (χ2n) is 21.9. The van der Waals surface area contributed by atoms with Gasteiger partial charge >= 0.3 is 9.20 Å². The van der Waals surface area contributed by atoms with Gasteiger partial charge in [-0.1, -0.05) is 36.9 Å². The molecule has 4 amide bonds. The van der Waals surface area contributed by atoms with E-state index in [9.17, 15) is 24.3 Å². The van der Waals surface area contributed by atoms with Crippen molar-refractivity contribution in [2.24, 2.45) is 0 Å². The first-order chi connectivity index (χ1) is 39.6. The van der Waals surface area contributed by atoms with Crippen LogP contribution in [0.25, 0.3) is 0 Å². The molecule has 4 atom stereocenters. The number of hydrogen-bond acceptors (Lipinski definition) is 14. The molecule has 2 aromatic carbocycles. The van der Waals surface area contributed by atoms with E-state index in [4.69, 9.17) is 47.6 Å². The number of likely N-dealkylation sites (tertiary alicyclic amines) is 2. The molecule has 4 aromatic rings. The van der Waals surface area contributed by atoms with E-state index < -0.39 is 0 Å². The maximum atomic E-state index is 13.6. The summed E-state index contributed by atoms with van der Waals surface area (Å²) in [6.07, 6.45) is 7.28. The molecule has 0 unspecified atom stereocenters. The standard InChI is InChI=1S/C29H38N6O3.C29H37N5O4.CH2Cl2.BBr3/c1-6-26(36)33-12-13-35(21(4)15-33)27-24-16-34(28(37)23-14-19(2)9-10-20(23)3)17-25(24)30-29(31-27)38-18-22-8-7-11-32(22)5;1-5-28(36)32-11-12-34(20(3)15-32)26-14-27(38-18-21-7-6-10-31(21)4)30-25-17-33(16-24(25)26)29(37)23-13-22(35)9-8-19(23)2;2-1-3;2-1(3)4/h6,9-10,14,21-22H,1,7-8,11-13,15-18H2,2-5H3;5,8-9,13-14,20-21,35H,1,6-7,10-12,15-18H2,2-4H3;1H2;/t21-,22-;20-,21-;;/m00../s1. The Bertz CT molecular complexity index is 2790. The number of pyridine rings is 1. The van der Waals surface area contributed by atoms with Gasteiger partial charge in [0.2, 0.25) is 17.7 Å². The summed E-state index contributed by atoms with van der Waals surface area (Å²) in [6.45, 7) is 25.9. The number of amides is 4. The summed E-state index contributed by atoms with van der Waals surface area (Å²) < 4.78 is 12.7. The lowest BCUT2D eigenvalue weighted by atomic mass is 10.0. The fourth-order valence-electron chi connectivity index (χ4n) is 11.6. The van der Waals surface area contributed by atoms with Gasteiger partial charge in [-0.05, 0) is 129 Å². The smallest absolute Gasteiger partial charge is 0.369 e. The highest BCUT2D eigenvalue weighted by molar-refractivity contribution is 9.69. The number of alkyl halides is 2. The van der Waals surface area contributed by atoms with Crippen LogP contribution in [0, 0.1) is 20.8 Å². The Labute approximate surface area is 524 Å². The van der Waals surface area contributed by atoms with Crippen LogP contribution in [0.3, 0.4) is 0 Å². The van der Waals surface area contributed by atoms with Crippen LogP contribution in [0.2, 0.25) is 0 Å². The second-order valence-corrected chi connectivity index (χ2v) is 29.1. The number of fused-ring (bicyclic) bond motifs is 2. The summed E-state index contributed by atoms with van der Waals surface area (Å²) in [5.74, 6) is 1.20. The molecule has 10 rings (SSSR count). The first-order valence-corrected chi connectivity index (χ1v) is 31.9. The zero-order chi connectivity index (χ0) is 60.2. The Kier molecular flexibility index (Phi) is 24.0. The lowest BCUT2D eigenvalue weighted by molar-refractivity contribution is -0.127. The van der Waals surface area contributed by atoms with E-state index in [1.807, 2.05) is 59.7 Å². The monoisotopic (exact) mass is 1370 g/mol. The van der Waals surface area contributed by atoms with Gasteiger partial charge in [0.05, 0.1) is 42.9 Å². The Balaban J connectivity index is 0.000000215. The molecule has 0 saturated carbocycles. The third-order valence-electron chi connectivity index (χ3n) is 16.2. The lowest BCUT2D eigenvalue weighted by Crippen LogP contribution is -2.54. The molecule has 0 bridgehead atoms. The molecule has 448 valence electrons. The molecule has 4 saturated heterocycles. The molecule has 24 heteroatoms. The number of carbonyl (C=O) groups excluding carboxylic acids is 4. The summed E-state index contributed by atoms with van der Waals surface area (Å²) in [5.41, 5.74) is 8.70. The Morgan fingerprint density at radius 2 is 1.16 bits per heavy atom. The van der Waals surface area contributed by atoms with Gasteiger partial charge in [-0.2, -0.15) is 9.97 Å². The molecule has 8 heterocycles. The van der Waals surface area contributed by atoms with Gasteiger partial charge in [-0.25, -0.2) is 4.98 Å². The molecule has 6 aliphatic heterocycles. The van der Waals surface area contributed by atoms with E-state index in [-0.39, 0.29) is 50.0 Å². The number of anilines is 2. The average Bonchev–Trinajstić information content (AvgIpc) is 4.44. The molecule has 2 aromatic heterocycles. The van der Waals surface area contributed by atoms with Crippen molar-refractivity contribution in [1.29, 1.82) is 0 Å². The Morgan fingerprint density at radius 1 is 0.663 bits per heavy atom. The van der Waals surface area contributed by atoms with Crippen LogP contribution in [-0.2, 0) is 35.8 Å². The number of aromatic nitrogens is 3. The van der Waals surface area contributed by atoms with Crippen molar-refractivity contribution < 1.29 is 33.8 Å². The highest BCUT2D eigenvalue weighted by Crippen LogP contribution is 2.38. The number of nitrogens with zero attached hydrogens (tertiary/aromatic N) is 11. The van der Waals surface area contributed by atoms with E-state index in [2.05, 4.69) is 108 Å². The number of ether oxygens (including phenoxy) is 2. The molecule has 83 heavy (non-hydrogen) atoms. The topological polar surface area (TPSA) is 172 Å². The predicted octanol–water partition coefficient (Wildman–Crippen LogP) is 9.47. The predicted molar refractivity (Wildman–Crippen MR) is 341 cm³/mol. The number of halogens is 5. The molecule has 0 radical (unpaired) electrons. The van der Waals surface area contributed by atoms with Crippen LogP contribution in [-0.4, -0.2) is 185 Å². The van der Waals surface area contributed by atoms with Gasteiger partial charge in [0.15, 0.2) is 0 Å². The molecular weight excluding hydrogens is 1300 g/mol. The fourth-order valence-corrected chi connectivity index (χ4v) is 11.6. The number of phenols is 1. The van der Waals surface area contributed by atoms with Crippen molar-refractivity contribution in [2.45, 2.75) is 111 Å². The highest BCUT2D eigenvalue weighted by atomic mass is 79.9. The minimum absolute atomic E-state index is 0.000328. The summed E-state index contributed by atoms with van der Waals surface area (Å²) >= 11 is 18.8. The van der Waals surface area contributed by atoms with Crippen molar-refractivity contribution in [1.82, 2.24) is 44.4 Å². The van der Waals surface area contributed by atoms with Gasteiger partial charge < -0.3 is 53.8 Å². The maximum Gasteiger partial charge on any atom is 0.369 e. The second kappa shape index (κ2) is 30.4. The van der Waals surface area contributed by atoms with E-state index in [0.29, 0.717) is 108 Å². The van der Waals surface area contributed by atoms with Gasteiger partial charge in [0, 0.05) is 97.4 Å². The molecule has 6 aliphatic rings. The summed E-state index contributed by atoms with van der Waals surface area (Å²) in [4.78, 5) is 82.5. The number of likely N-dealkylation sites (N-methyl/N-ethyl adjacent to an activating group) is 2. The van der Waals surface area contributed by atoms with Crippen LogP contribution in [0.15, 0.2) is 67.8 Å². The SMILES string of the molecule is BrB(Br)Br.C=CC(=O)N1CCN(c2cc(OC[C@@H]3CCCN3C)nc3c2CN(C(=O)c2cc(O)ccc2C)C3)[C@@H](C)C1.C=CC(=O)N1CCN(c2nc(OC[C@@H]3CCCN3C)nc3c2CN(C(=O)c2cc(C)ccc2C)C3)[C@@H](C)C1.ClCCl. The highest BCUT2D eigenvalue weighted by Gasteiger charge is 2.37. The zero-order valence-corrected chi connectivity index (χ0v) is 54.9. The Morgan fingerprint density at radius 3 is 1.67 bits per heavy atom. The molecule has 4 fully saturated rings. The van der Waals surface area contributed by atoms with Gasteiger partial charge in [0.25, 0.3) is 11.8 Å². The number of phenolic OH excluding ortho intramolecular Hbond substituents is 1. The molecule has 18 nitrogen and oxygen atoms in total. The van der Waals surface area contributed by atoms with E-state index in [0.717, 1.165) is 82.2 Å².